The molecule has 112 valence electrons. The largest absolute Gasteiger partial charge is 0.496 e. The zero-order valence-electron chi connectivity index (χ0n) is 12.2. The maximum atomic E-state index is 6.31. The van der Waals surface area contributed by atoms with Gasteiger partial charge in [0, 0.05) is 15.6 Å². The molecule has 2 aromatic carbocycles. The highest BCUT2D eigenvalue weighted by atomic mass is 35.5. The summed E-state index contributed by atoms with van der Waals surface area (Å²) in [6.45, 7) is 4.05. The number of benzene rings is 2. The van der Waals surface area contributed by atoms with Gasteiger partial charge in [0.05, 0.1) is 13.2 Å². The quantitative estimate of drug-likeness (QED) is 0.655. The molecule has 0 fully saturated rings. The Morgan fingerprint density at radius 2 is 1.86 bits per heavy atom. The first-order valence-corrected chi connectivity index (χ1v) is 7.29. The van der Waals surface area contributed by atoms with Gasteiger partial charge in [-0.1, -0.05) is 35.3 Å². The number of ether oxygens (including phenoxy) is 1. The van der Waals surface area contributed by atoms with Gasteiger partial charge in [0.25, 0.3) is 0 Å². The summed E-state index contributed by atoms with van der Waals surface area (Å²) in [5, 5.41) is 1.15. The number of nitrogens with two attached hydrogens (primary N) is 1. The van der Waals surface area contributed by atoms with Crippen LogP contribution in [0.25, 0.3) is 0 Å². The van der Waals surface area contributed by atoms with E-state index in [2.05, 4.69) is 11.5 Å². The minimum absolute atomic E-state index is 0.273. The molecule has 0 amide bonds. The van der Waals surface area contributed by atoms with Crippen LogP contribution in [0.2, 0.25) is 10.0 Å². The van der Waals surface area contributed by atoms with E-state index in [1.807, 2.05) is 26.0 Å². The number of aryl methyl sites for hydroxylation is 2. The van der Waals surface area contributed by atoms with E-state index in [0.717, 1.165) is 28.0 Å². The Hall–Kier alpha value is -1.26. The Morgan fingerprint density at radius 3 is 2.43 bits per heavy atom. The Labute approximate surface area is 135 Å². The lowest BCUT2D eigenvalue weighted by Gasteiger charge is -2.23. The second-order valence-corrected chi connectivity index (χ2v) is 5.81. The minimum Gasteiger partial charge on any atom is -0.496 e. The average molecular weight is 325 g/mol. The second-order valence-electron chi connectivity index (χ2n) is 4.96. The number of hydrazine groups is 1. The van der Waals surface area contributed by atoms with E-state index < -0.39 is 0 Å². The summed E-state index contributed by atoms with van der Waals surface area (Å²) >= 11 is 12.3. The molecule has 0 saturated carbocycles. The maximum Gasteiger partial charge on any atom is 0.124 e. The van der Waals surface area contributed by atoms with Crippen molar-refractivity contribution in [2.75, 3.05) is 7.11 Å². The van der Waals surface area contributed by atoms with Crippen molar-refractivity contribution in [3.8, 4) is 5.75 Å². The zero-order chi connectivity index (χ0) is 15.6. The van der Waals surface area contributed by atoms with Crippen LogP contribution in [0.5, 0.6) is 5.75 Å². The van der Waals surface area contributed by atoms with Gasteiger partial charge >= 0.3 is 0 Å². The monoisotopic (exact) mass is 324 g/mol. The van der Waals surface area contributed by atoms with E-state index >= 15 is 0 Å². The van der Waals surface area contributed by atoms with Gasteiger partial charge in [-0.3, -0.25) is 5.84 Å². The van der Waals surface area contributed by atoms with Crippen molar-refractivity contribution in [1.29, 1.82) is 0 Å². The van der Waals surface area contributed by atoms with Crippen LogP contribution >= 0.6 is 23.2 Å². The van der Waals surface area contributed by atoms with E-state index in [4.69, 9.17) is 33.8 Å². The van der Waals surface area contributed by atoms with Crippen LogP contribution in [0.3, 0.4) is 0 Å². The summed E-state index contributed by atoms with van der Waals surface area (Å²) in [5.74, 6) is 6.56. The maximum absolute atomic E-state index is 6.31. The first-order valence-electron chi connectivity index (χ1n) is 6.54. The first-order chi connectivity index (χ1) is 9.97. The van der Waals surface area contributed by atoms with Crippen molar-refractivity contribution in [3.05, 3.63) is 62.6 Å². The van der Waals surface area contributed by atoms with Crippen molar-refractivity contribution in [2.24, 2.45) is 5.84 Å². The molecule has 3 N–H and O–H groups in total. The number of nitrogens with one attached hydrogen (secondary N) is 1. The molecule has 0 heterocycles. The molecule has 3 nitrogen and oxygen atoms in total. The summed E-state index contributed by atoms with van der Waals surface area (Å²) < 4.78 is 5.51. The molecular formula is C16H18Cl2N2O. The molecule has 0 aliphatic rings. The average Bonchev–Trinajstić information content (AvgIpc) is 2.42. The molecule has 5 heteroatoms. The SMILES string of the molecule is COc1cc(C)cc(C)c1C(NN)c1ccc(Cl)cc1Cl. The molecule has 1 unspecified atom stereocenters. The van der Waals surface area contributed by atoms with Gasteiger partial charge < -0.3 is 4.74 Å². The molecule has 1 atom stereocenters. The fourth-order valence-electron chi connectivity index (χ4n) is 2.54. The van der Waals surface area contributed by atoms with Gasteiger partial charge in [0.2, 0.25) is 0 Å². The van der Waals surface area contributed by atoms with Gasteiger partial charge in [-0.2, -0.15) is 0 Å². The Morgan fingerprint density at radius 1 is 1.14 bits per heavy atom. The Bertz CT molecular complexity index is 659. The fraction of sp³-hybridized carbons (Fsp3) is 0.250. The van der Waals surface area contributed by atoms with E-state index in [1.165, 1.54) is 0 Å². The summed E-state index contributed by atoms with van der Waals surface area (Å²) in [5.41, 5.74) is 6.86. The molecule has 0 aliphatic heterocycles. The highest BCUT2D eigenvalue weighted by molar-refractivity contribution is 6.35. The number of methoxy groups -OCH3 is 1. The van der Waals surface area contributed by atoms with Crippen molar-refractivity contribution in [2.45, 2.75) is 19.9 Å². The normalized spacial score (nSPS) is 12.3. The van der Waals surface area contributed by atoms with Gasteiger partial charge in [-0.25, -0.2) is 5.43 Å². The van der Waals surface area contributed by atoms with Crippen LogP contribution in [0, 0.1) is 13.8 Å². The third-order valence-electron chi connectivity index (χ3n) is 3.44. The number of hydrogen-bond donors (Lipinski definition) is 2. The lowest BCUT2D eigenvalue weighted by molar-refractivity contribution is 0.403. The van der Waals surface area contributed by atoms with Gasteiger partial charge in [-0.15, -0.1) is 0 Å². The summed E-state index contributed by atoms with van der Waals surface area (Å²) in [6, 6.07) is 9.17. The summed E-state index contributed by atoms with van der Waals surface area (Å²) in [6.07, 6.45) is 0. The van der Waals surface area contributed by atoms with E-state index in [-0.39, 0.29) is 6.04 Å². The van der Waals surface area contributed by atoms with Crippen LogP contribution in [0.1, 0.15) is 28.3 Å². The highest BCUT2D eigenvalue weighted by Gasteiger charge is 2.22. The number of rotatable bonds is 4. The molecule has 0 saturated heterocycles. The van der Waals surface area contributed by atoms with Gasteiger partial charge in [-0.05, 0) is 48.7 Å². The van der Waals surface area contributed by atoms with Crippen molar-refractivity contribution >= 4 is 23.2 Å². The lowest BCUT2D eigenvalue weighted by Crippen LogP contribution is -2.30. The smallest absolute Gasteiger partial charge is 0.124 e. The van der Waals surface area contributed by atoms with Crippen LogP contribution < -0.4 is 16.0 Å². The molecule has 0 aromatic heterocycles. The molecule has 2 aromatic rings. The highest BCUT2D eigenvalue weighted by Crippen LogP contribution is 2.36. The van der Waals surface area contributed by atoms with Crippen molar-refractivity contribution < 1.29 is 4.74 Å². The molecule has 0 spiro atoms. The van der Waals surface area contributed by atoms with Crippen LogP contribution in [0.4, 0.5) is 0 Å². The predicted octanol–water partition coefficient (Wildman–Crippen LogP) is 4.17. The van der Waals surface area contributed by atoms with Gasteiger partial charge in [0.1, 0.15) is 5.75 Å². The lowest BCUT2D eigenvalue weighted by atomic mass is 9.93. The predicted molar refractivity (Wildman–Crippen MR) is 88.1 cm³/mol. The van der Waals surface area contributed by atoms with Crippen molar-refractivity contribution in [3.63, 3.8) is 0 Å². The summed E-state index contributed by atoms with van der Waals surface area (Å²) in [4.78, 5) is 0. The topological polar surface area (TPSA) is 47.3 Å². The van der Waals surface area contributed by atoms with Crippen LogP contribution in [-0.2, 0) is 0 Å². The molecule has 2 rings (SSSR count). The third-order valence-corrected chi connectivity index (χ3v) is 4.00. The fourth-order valence-corrected chi connectivity index (χ4v) is 3.06. The minimum atomic E-state index is -0.273. The molecule has 21 heavy (non-hydrogen) atoms. The van der Waals surface area contributed by atoms with E-state index in [0.29, 0.717) is 10.0 Å². The number of halogens is 2. The first kappa shape index (κ1) is 16.1. The molecule has 0 bridgehead atoms. The van der Waals surface area contributed by atoms with E-state index in [9.17, 15) is 0 Å². The second kappa shape index (κ2) is 6.67. The Kier molecular flexibility index (Phi) is 5.12. The van der Waals surface area contributed by atoms with Crippen LogP contribution in [-0.4, -0.2) is 7.11 Å². The molecule has 0 aliphatic carbocycles. The standard InChI is InChI=1S/C16H18Cl2N2O/c1-9-6-10(2)15(14(7-9)21-3)16(20-19)12-5-4-11(17)8-13(12)18/h4-8,16,20H,19H2,1-3H3. The number of hydrogen-bond acceptors (Lipinski definition) is 3. The molecule has 0 radical (unpaired) electrons. The van der Waals surface area contributed by atoms with Crippen molar-refractivity contribution in [1.82, 2.24) is 5.43 Å². The third kappa shape index (κ3) is 3.33. The van der Waals surface area contributed by atoms with E-state index in [1.54, 1.807) is 19.2 Å². The van der Waals surface area contributed by atoms with Crippen LogP contribution in [0.15, 0.2) is 30.3 Å². The van der Waals surface area contributed by atoms with Gasteiger partial charge in [0.15, 0.2) is 0 Å². The molecular weight excluding hydrogens is 307 g/mol. The summed E-state index contributed by atoms with van der Waals surface area (Å²) in [7, 11) is 1.65. The Balaban J connectivity index is 2.61. The zero-order valence-corrected chi connectivity index (χ0v) is 13.7.